The Morgan fingerprint density at radius 3 is 2.78 bits per heavy atom. The number of hydrogen-bond donors (Lipinski definition) is 1. The van der Waals surface area contributed by atoms with Crippen LogP contribution in [-0.2, 0) is 14.3 Å². The van der Waals surface area contributed by atoms with E-state index in [9.17, 15) is 4.79 Å². The Morgan fingerprint density at radius 2 is 2.11 bits per heavy atom. The van der Waals surface area contributed by atoms with E-state index < -0.39 is 0 Å². The van der Waals surface area contributed by atoms with Gasteiger partial charge in [0, 0.05) is 12.1 Å². The van der Waals surface area contributed by atoms with Gasteiger partial charge in [-0.25, -0.2) is 0 Å². The van der Waals surface area contributed by atoms with E-state index in [1.165, 1.54) is 0 Å². The normalized spacial score (nSPS) is 12.2. The van der Waals surface area contributed by atoms with Crippen molar-refractivity contribution < 1.29 is 14.3 Å². The summed E-state index contributed by atoms with van der Waals surface area (Å²) in [5, 5.41) is 3.47. The molecular weight excluding hydrogens is 254 g/mol. The molecule has 0 aliphatic heterocycles. The molecule has 0 fully saturated rings. The van der Waals surface area contributed by atoms with Crippen LogP contribution in [0.1, 0.15) is 18.5 Å². The van der Waals surface area contributed by atoms with Crippen molar-refractivity contribution >= 4 is 17.5 Å². The Bertz CT molecular complexity index is 384. The number of hydrogen-bond acceptors (Lipinski definition) is 3. The summed E-state index contributed by atoms with van der Waals surface area (Å²) in [6.45, 7) is 2.80. The minimum Gasteiger partial charge on any atom is -0.382 e. The Labute approximate surface area is 112 Å². The van der Waals surface area contributed by atoms with Gasteiger partial charge in [0.05, 0.1) is 19.3 Å². The summed E-state index contributed by atoms with van der Waals surface area (Å²) >= 11 is 6.05. The van der Waals surface area contributed by atoms with Crippen molar-refractivity contribution in [3.63, 3.8) is 0 Å². The number of halogens is 1. The molecule has 1 rings (SSSR count). The molecule has 1 aromatic rings. The minimum absolute atomic E-state index is 0.0259. The van der Waals surface area contributed by atoms with Crippen LogP contribution in [0.3, 0.4) is 0 Å². The van der Waals surface area contributed by atoms with Crippen molar-refractivity contribution in [3.8, 4) is 0 Å². The second kappa shape index (κ2) is 8.08. The highest BCUT2D eigenvalue weighted by molar-refractivity contribution is 6.31. The zero-order chi connectivity index (χ0) is 13.4. The molecule has 0 aliphatic carbocycles. The first kappa shape index (κ1) is 15.0. The lowest BCUT2D eigenvalue weighted by atomic mass is 10.1. The van der Waals surface area contributed by atoms with Crippen LogP contribution in [0.25, 0.3) is 0 Å². The van der Waals surface area contributed by atoms with Crippen LogP contribution in [0.15, 0.2) is 24.3 Å². The largest absolute Gasteiger partial charge is 0.382 e. The van der Waals surface area contributed by atoms with Crippen molar-refractivity contribution in [1.82, 2.24) is 5.32 Å². The molecule has 100 valence electrons. The third-order valence-corrected chi connectivity index (χ3v) is 2.76. The fourth-order valence-corrected chi connectivity index (χ4v) is 1.79. The van der Waals surface area contributed by atoms with E-state index in [-0.39, 0.29) is 18.6 Å². The Morgan fingerprint density at radius 1 is 1.39 bits per heavy atom. The van der Waals surface area contributed by atoms with Crippen molar-refractivity contribution in [2.24, 2.45) is 0 Å². The van der Waals surface area contributed by atoms with Crippen LogP contribution in [0.4, 0.5) is 0 Å². The first-order valence-corrected chi connectivity index (χ1v) is 6.13. The van der Waals surface area contributed by atoms with Gasteiger partial charge in [-0.15, -0.1) is 0 Å². The van der Waals surface area contributed by atoms with Crippen LogP contribution in [0.5, 0.6) is 0 Å². The van der Waals surface area contributed by atoms with Crippen LogP contribution in [0.2, 0.25) is 5.02 Å². The van der Waals surface area contributed by atoms with Gasteiger partial charge in [0.25, 0.3) is 0 Å². The standard InChI is InChI=1S/C13H18ClNO3/c1-10(11-5-3-4-6-12(11)14)15-13(16)9-18-8-7-17-2/h3-6,10H,7-9H2,1-2H3,(H,15,16)/t10-/m1/s1. The molecule has 0 aromatic heterocycles. The molecular formula is C13H18ClNO3. The average Bonchev–Trinajstić information content (AvgIpc) is 2.35. The second-order valence-corrected chi connectivity index (χ2v) is 4.26. The smallest absolute Gasteiger partial charge is 0.246 e. The molecule has 1 N–H and O–H groups in total. The Hall–Kier alpha value is -1.10. The van der Waals surface area contributed by atoms with E-state index in [0.29, 0.717) is 18.2 Å². The van der Waals surface area contributed by atoms with Gasteiger partial charge in [-0.2, -0.15) is 0 Å². The van der Waals surface area contributed by atoms with Crippen LogP contribution < -0.4 is 5.32 Å². The molecule has 1 atom stereocenters. The Balaban J connectivity index is 2.38. The van der Waals surface area contributed by atoms with E-state index in [0.717, 1.165) is 5.56 Å². The van der Waals surface area contributed by atoms with Crippen LogP contribution in [-0.4, -0.2) is 32.8 Å². The highest BCUT2D eigenvalue weighted by atomic mass is 35.5. The number of benzene rings is 1. The van der Waals surface area contributed by atoms with Crippen molar-refractivity contribution in [2.75, 3.05) is 26.9 Å². The summed E-state index contributed by atoms with van der Waals surface area (Å²) in [6.07, 6.45) is 0. The summed E-state index contributed by atoms with van der Waals surface area (Å²) in [4.78, 5) is 11.6. The molecule has 0 unspecified atom stereocenters. The molecule has 0 saturated carbocycles. The fourth-order valence-electron chi connectivity index (χ4n) is 1.49. The van der Waals surface area contributed by atoms with Gasteiger partial charge >= 0.3 is 0 Å². The first-order valence-electron chi connectivity index (χ1n) is 5.75. The number of amides is 1. The lowest BCUT2D eigenvalue weighted by molar-refractivity contribution is -0.126. The van der Waals surface area contributed by atoms with Gasteiger partial charge in [0.1, 0.15) is 6.61 Å². The minimum atomic E-state index is -0.168. The number of nitrogens with one attached hydrogen (secondary N) is 1. The molecule has 0 aliphatic rings. The average molecular weight is 272 g/mol. The number of methoxy groups -OCH3 is 1. The van der Waals surface area contributed by atoms with Gasteiger partial charge in [-0.1, -0.05) is 29.8 Å². The van der Waals surface area contributed by atoms with Crippen LogP contribution in [0, 0.1) is 0 Å². The first-order chi connectivity index (χ1) is 8.65. The zero-order valence-corrected chi connectivity index (χ0v) is 11.4. The summed E-state index contributed by atoms with van der Waals surface area (Å²) in [6, 6.07) is 7.29. The molecule has 5 heteroatoms. The van der Waals surface area contributed by atoms with E-state index in [1.54, 1.807) is 13.2 Å². The molecule has 4 nitrogen and oxygen atoms in total. The lowest BCUT2D eigenvalue weighted by Gasteiger charge is -2.15. The third-order valence-electron chi connectivity index (χ3n) is 2.41. The predicted octanol–water partition coefficient (Wildman–Crippen LogP) is 2.18. The van der Waals surface area contributed by atoms with E-state index in [1.807, 2.05) is 25.1 Å². The molecule has 1 aromatic carbocycles. The zero-order valence-electron chi connectivity index (χ0n) is 10.6. The molecule has 0 spiro atoms. The monoisotopic (exact) mass is 271 g/mol. The SMILES string of the molecule is COCCOCC(=O)N[C@H](C)c1ccccc1Cl. The van der Waals surface area contributed by atoms with Gasteiger partial charge in [0.2, 0.25) is 5.91 Å². The van der Waals surface area contributed by atoms with Crippen LogP contribution >= 0.6 is 11.6 Å². The summed E-state index contributed by atoms with van der Waals surface area (Å²) in [5.41, 5.74) is 0.893. The van der Waals surface area contributed by atoms with E-state index in [4.69, 9.17) is 21.1 Å². The number of carbonyl (C=O) groups is 1. The fraction of sp³-hybridized carbons (Fsp3) is 0.462. The summed E-state index contributed by atoms with van der Waals surface area (Å²) in [5.74, 6) is -0.168. The van der Waals surface area contributed by atoms with Gasteiger partial charge in [-0.3, -0.25) is 4.79 Å². The predicted molar refractivity (Wildman–Crippen MR) is 70.7 cm³/mol. The highest BCUT2D eigenvalue weighted by Crippen LogP contribution is 2.21. The second-order valence-electron chi connectivity index (χ2n) is 3.86. The van der Waals surface area contributed by atoms with Crippen molar-refractivity contribution in [1.29, 1.82) is 0 Å². The molecule has 0 saturated heterocycles. The van der Waals surface area contributed by atoms with E-state index >= 15 is 0 Å². The molecule has 1 amide bonds. The third kappa shape index (κ3) is 5.04. The maximum atomic E-state index is 11.6. The van der Waals surface area contributed by atoms with Crippen molar-refractivity contribution in [2.45, 2.75) is 13.0 Å². The topological polar surface area (TPSA) is 47.6 Å². The molecule has 0 radical (unpaired) electrons. The number of rotatable bonds is 7. The van der Waals surface area contributed by atoms with Gasteiger partial charge in [-0.05, 0) is 18.6 Å². The summed E-state index contributed by atoms with van der Waals surface area (Å²) < 4.78 is 9.95. The number of carbonyl (C=O) groups excluding carboxylic acids is 1. The molecule has 18 heavy (non-hydrogen) atoms. The number of ether oxygens (including phenoxy) is 2. The molecule has 0 heterocycles. The maximum absolute atomic E-state index is 11.6. The Kier molecular flexibility index (Phi) is 6.72. The summed E-state index contributed by atoms with van der Waals surface area (Å²) in [7, 11) is 1.59. The lowest BCUT2D eigenvalue weighted by Crippen LogP contribution is -2.30. The molecule has 0 bridgehead atoms. The quantitative estimate of drug-likeness (QED) is 0.774. The maximum Gasteiger partial charge on any atom is 0.246 e. The van der Waals surface area contributed by atoms with Gasteiger partial charge < -0.3 is 14.8 Å². The van der Waals surface area contributed by atoms with Gasteiger partial charge in [0.15, 0.2) is 0 Å². The van der Waals surface area contributed by atoms with Crippen molar-refractivity contribution in [3.05, 3.63) is 34.9 Å². The highest BCUT2D eigenvalue weighted by Gasteiger charge is 2.11. The van der Waals surface area contributed by atoms with E-state index in [2.05, 4.69) is 5.32 Å².